The van der Waals surface area contributed by atoms with Crippen molar-refractivity contribution in [2.24, 2.45) is 0 Å². The maximum absolute atomic E-state index is 11.6. The van der Waals surface area contributed by atoms with Crippen molar-refractivity contribution in [2.45, 2.75) is 19.2 Å². The maximum atomic E-state index is 11.6. The molecule has 1 rings (SSSR count). The topological polar surface area (TPSA) is 69.6 Å². The van der Waals surface area contributed by atoms with Crippen molar-refractivity contribution >= 4 is 23.9 Å². The van der Waals surface area contributed by atoms with Gasteiger partial charge in [0.05, 0.1) is 17.1 Å². The van der Waals surface area contributed by atoms with Gasteiger partial charge in [0.2, 0.25) is 0 Å². The molecule has 0 amide bonds. The summed E-state index contributed by atoms with van der Waals surface area (Å²) in [5, 5.41) is 7.17. The van der Waals surface area contributed by atoms with Crippen LogP contribution < -0.4 is 5.56 Å². The molecule has 0 radical (unpaired) electrons. The van der Waals surface area contributed by atoms with E-state index < -0.39 is 0 Å². The molecule has 4 nitrogen and oxygen atoms in total. The summed E-state index contributed by atoms with van der Waals surface area (Å²) in [5.41, 5.74) is 0.490. The quantitative estimate of drug-likeness (QED) is 0.607. The van der Waals surface area contributed by atoms with Crippen LogP contribution in [0.3, 0.4) is 0 Å². The summed E-state index contributed by atoms with van der Waals surface area (Å²) in [6.45, 7) is 1.97. The first-order chi connectivity index (χ1) is 7.22. The molecular weight excluding hydrogens is 214 g/mol. The van der Waals surface area contributed by atoms with E-state index in [-0.39, 0.29) is 11.4 Å². The van der Waals surface area contributed by atoms with Gasteiger partial charge in [0.15, 0.2) is 0 Å². The summed E-state index contributed by atoms with van der Waals surface area (Å²) < 4.78 is 0. The molecule has 0 fully saturated rings. The van der Waals surface area contributed by atoms with Crippen molar-refractivity contribution in [3.8, 4) is 0 Å². The summed E-state index contributed by atoms with van der Waals surface area (Å²) in [7, 11) is 0. The molecule has 1 aromatic rings. The predicted octanol–water partition coefficient (Wildman–Crippen LogP) is 1.93. The van der Waals surface area contributed by atoms with Crippen LogP contribution in [-0.4, -0.2) is 16.2 Å². The summed E-state index contributed by atoms with van der Waals surface area (Å²) in [6.07, 6.45) is 5.40. The zero-order valence-electron chi connectivity index (χ0n) is 8.38. The van der Waals surface area contributed by atoms with Crippen LogP contribution in [0.15, 0.2) is 10.9 Å². The van der Waals surface area contributed by atoms with Crippen LogP contribution in [0, 0.1) is 5.41 Å². The van der Waals surface area contributed by atoms with Gasteiger partial charge >= 0.3 is 0 Å². The van der Waals surface area contributed by atoms with E-state index in [2.05, 4.69) is 9.97 Å². The molecule has 0 aliphatic carbocycles. The van der Waals surface area contributed by atoms with Gasteiger partial charge in [-0.2, -0.15) is 0 Å². The minimum absolute atomic E-state index is 0.133. The second kappa shape index (κ2) is 5.46. The Morgan fingerprint density at radius 3 is 2.87 bits per heavy atom. The molecule has 0 saturated heterocycles. The van der Waals surface area contributed by atoms with E-state index in [0.717, 1.165) is 12.6 Å². The number of allylic oxidation sites excluding steroid dienone is 1. The number of rotatable bonds is 4. The molecular formula is C10H12ClN3O. The highest BCUT2D eigenvalue weighted by atomic mass is 35.5. The molecule has 1 heterocycles. The SMILES string of the molecule is CC/C=C\c1c(C=N)nc(CCl)[nH]c1=O. The lowest BCUT2D eigenvalue weighted by molar-refractivity contribution is 0.984. The van der Waals surface area contributed by atoms with Crippen molar-refractivity contribution in [1.82, 2.24) is 9.97 Å². The third-order valence-electron chi connectivity index (χ3n) is 1.82. The molecule has 2 N–H and O–H groups in total. The van der Waals surface area contributed by atoms with Crippen molar-refractivity contribution in [1.29, 1.82) is 5.41 Å². The maximum Gasteiger partial charge on any atom is 0.258 e. The van der Waals surface area contributed by atoms with Gasteiger partial charge in [0, 0.05) is 6.21 Å². The molecule has 0 atom stereocenters. The second-order valence-electron chi connectivity index (χ2n) is 2.90. The number of aromatic amines is 1. The number of alkyl halides is 1. The summed E-state index contributed by atoms with van der Waals surface area (Å²) in [5.74, 6) is 0.516. The monoisotopic (exact) mass is 225 g/mol. The van der Waals surface area contributed by atoms with Crippen molar-refractivity contribution in [3.05, 3.63) is 33.5 Å². The van der Waals surface area contributed by atoms with Crippen LogP contribution >= 0.6 is 11.6 Å². The Bertz CT molecular complexity index is 437. The molecule has 0 aromatic carbocycles. The molecule has 15 heavy (non-hydrogen) atoms. The van der Waals surface area contributed by atoms with Gasteiger partial charge in [-0.05, 0) is 6.42 Å². The highest BCUT2D eigenvalue weighted by Gasteiger charge is 2.05. The first kappa shape index (κ1) is 11.7. The first-order valence-corrected chi connectivity index (χ1v) is 5.12. The molecule has 80 valence electrons. The lowest BCUT2D eigenvalue weighted by atomic mass is 10.2. The molecule has 0 aliphatic heterocycles. The molecule has 0 aliphatic rings. The lowest BCUT2D eigenvalue weighted by Gasteiger charge is -2.01. The highest BCUT2D eigenvalue weighted by Crippen LogP contribution is 2.03. The Morgan fingerprint density at radius 2 is 2.33 bits per heavy atom. The predicted molar refractivity (Wildman–Crippen MR) is 61.6 cm³/mol. The van der Waals surface area contributed by atoms with E-state index in [0.29, 0.717) is 17.1 Å². The Hall–Kier alpha value is -1.42. The van der Waals surface area contributed by atoms with E-state index in [1.54, 1.807) is 6.08 Å². The summed E-state index contributed by atoms with van der Waals surface area (Å²) in [6, 6.07) is 0. The summed E-state index contributed by atoms with van der Waals surface area (Å²) >= 11 is 5.56. The lowest BCUT2D eigenvalue weighted by Crippen LogP contribution is -2.17. The van der Waals surface area contributed by atoms with Gasteiger partial charge in [-0.15, -0.1) is 11.6 Å². The van der Waals surface area contributed by atoms with Gasteiger partial charge in [0.25, 0.3) is 5.56 Å². The van der Waals surface area contributed by atoms with Crippen LogP contribution in [-0.2, 0) is 5.88 Å². The van der Waals surface area contributed by atoms with Gasteiger partial charge in [-0.1, -0.05) is 19.1 Å². The van der Waals surface area contributed by atoms with Gasteiger partial charge in [-0.3, -0.25) is 4.79 Å². The Balaban J connectivity index is 3.31. The number of hydrogen-bond donors (Lipinski definition) is 2. The van der Waals surface area contributed by atoms with Gasteiger partial charge in [0.1, 0.15) is 5.82 Å². The largest absolute Gasteiger partial charge is 0.309 e. The van der Waals surface area contributed by atoms with Crippen LogP contribution in [0.4, 0.5) is 0 Å². The minimum atomic E-state index is -0.260. The molecule has 5 heteroatoms. The van der Waals surface area contributed by atoms with Crippen LogP contribution in [0.2, 0.25) is 0 Å². The van der Waals surface area contributed by atoms with E-state index in [1.165, 1.54) is 0 Å². The number of hydrogen-bond acceptors (Lipinski definition) is 3. The first-order valence-electron chi connectivity index (χ1n) is 4.59. The zero-order chi connectivity index (χ0) is 11.3. The Morgan fingerprint density at radius 1 is 1.60 bits per heavy atom. The smallest absolute Gasteiger partial charge is 0.258 e. The van der Waals surface area contributed by atoms with Crippen LogP contribution in [0.5, 0.6) is 0 Å². The van der Waals surface area contributed by atoms with Crippen molar-refractivity contribution in [3.63, 3.8) is 0 Å². The number of halogens is 1. The number of aromatic nitrogens is 2. The molecule has 0 spiro atoms. The van der Waals surface area contributed by atoms with E-state index in [9.17, 15) is 4.79 Å². The molecule has 1 aromatic heterocycles. The third kappa shape index (κ3) is 2.76. The fourth-order valence-electron chi connectivity index (χ4n) is 1.12. The fraction of sp³-hybridized carbons (Fsp3) is 0.300. The number of nitrogens with zero attached hydrogens (tertiary/aromatic N) is 1. The molecule has 0 bridgehead atoms. The van der Waals surface area contributed by atoms with Gasteiger partial charge < -0.3 is 10.4 Å². The van der Waals surface area contributed by atoms with Crippen LogP contribution in [0.25, 0.3) is 6.08 Å². The fourth-order valence-corrected chi connectivity index (χ4v) is 1.24. The van der Waals surface area contributed by atoms with E-state index >= 15 is 0 Å². The van der Waals surface area contributed by atoms with E-state index in [4.69, 9.17) is 17.0 Å². The molecule has 0 unspecified atom stereocenters. The van der Waals surface area contributed by atoms with Crippen molar-refractivity contribution in [2.75, 3.05) is 0 Å². The number of H-pyrrole nitrogens is 1. The normalized spacial score (nSPS) is 10.8. The standard InChI is InChI=1S/C10H12ClN3O/c1-2-3-4-7-8(6-12)13-9(5-11)14-10(7)15/h3-4,6,12H,2,5H2,1H3,(H,13,14,15)/b4-3-,12-6?. The minimum Gasteiger partial charge on any atom is -0.309 e. The average molecular weight is 226 g/mol. The molecule has 0 saturated carbocycles. The Labute approximate surface area is 92.5 Å². The zero-order valence-corrected chi connectivity index (χ0v) is 9.14. The summed E-state index contributed by atoms with van der Waals surface area (Å²) in [4.78, 5) is 18.2. The highest BCUT2D eigenvalue weighted by molar-refractivity contribution is 6.16. The van der Waals surface area contributed by atoms with E-state index in [1.807, 2.05) is 13.0 Å². The van der Waals surface area contributed by atoms with Gasteiger partial charge in [-0.25, -0.2) is 4.98 Å². The van der Waals surface area contributed by atoms with Crippen LogP contribution in [0.1, 0.15) is 30.4 Å². The Kier molecular flexibility index (Phi) is 4.24. The van der Waals surface area contributed by atoms with Crippen molar-refractivity contribution < 1.29 is 0 Å². The average Bonchev–Trinajstić information content (AvgIpc) is 2.26. The second-order valence-corrected chi connectivity index (χ2v) is 3.17. The number of nitrogens with one attached hydrogen (secondary N) is 2. The third-order valence-corrected chi connectivity index (χ3v) is 2.07.